The van der Waals surface area contributed by atoms with Gasteiger partial charge in [-0.15, -0.1) is 0 Å². The molecule has 0 radical (unpaired) electrons. The molecule has 124 valence electrons. The summed E-state index contributed by atoms with van der Waals surface area (Å²) in [5, 5.41) is 1.43. The molecule has 1 aromatic heterocycles. The fourth-order valence-electron chi connectivity index (χ4n) is 3.38. The van der Waals surface area contributed by atoms with E-state index in [1.54, 1.807) is 19.9 Å². The molecule has 1 aliphatic carbocycles. The van der Waals surface area contributed by atoms with Crippen LogP contribution in [0.25, 0.3) is 10.9 Å². The molecule has 1 unspecified atom stereocenters. The van der Waals surface area contributed by atoms with Crippen molar-refractivity contribution in [3.8, 4) is 0 Å². The van der Waals surface area contributed by atoms with Crippen LogP contribution < -0.4 is 0 Å². The van der Waals surface area contributed by atoms with E-state index >= 15 is 0 Å². The SMILES string of the molecule is Cc1c(C)c2c(c(Cl)c1Cl)C(=O)C(c1ccc3ccccc3n1)C2=O. The van der Waals surface area contributed by atoms with E-state index in [1.165, 1.54) is 0 Å². The van der Waals surface area contributed by atoms with E-state index in [-0.39, 0.29) is 22.2 Å². The van der Waals surface area contributed by atoms with Gasteiger partial charge in [0.15, 0.2) is 11.6 Å². The Hall–Kier alpha value is -2.23. The van der Waals surface area contributed by atoms with Gasteiger partial charge in [-0.05, 0) is 37.1 Å². The molecule has 0 spiro atoms. The van der Waals surface area contributed by atoms with Crippen molar-refractivity contribution in [2.75, 3.05) is 0 Å². The van der Waals surface area contributed by atoms with Gasteiger partial charge in [-0.25, -0.2) is 0 Å². The van der Waals surface area contributed by atoms with Gasteiger partial charge in [0, 0.05) is 10.9 Å². The first-order valence-corrected chi connectivity index (χ1v) is 8.59. The van der Waals surface area contributed by atoms with Crippen LogP contribution in [0.2, 0.25) is 10.0 Å². The summed E-state index contributed by atoms with van der Waals surface area (Å²) in [6.45, 7) is 3.58. The van der Waals surface area contributed by atoms with Gasteiger partial charge in [0.25, 0.3) is 0 Å². The molecule has 1 heterocycles. The van der Waals surface area contributed by atoms with Crippen LogP contribution in [0.1, 0.15) is 43.5 Å². The number of benzene rings is 2. The highest BCUT2D eigenvalue weighted by atomic mass is 35.5. The molecule has 0 bridgehead atoms. The van der Waals surface area contributed by atoms with Crippen LogP contribution in [0.5, 0.6) is 0 Å². The minimum absolute atomic E-state index is 0.154. The highest BCUT2D eigenvalue weighted by molar-refractivity contribution is 6.47. The summed E-state index contributed by atoms with van der Waals surface area (Å²) in [4.78, 5) is 30.5. The molecule has 0 amide bonds. The molecular formula is C20H13Cl2NO2. The monoisotopic (exact) mass is 369 g/mol. The van der Waals surface area contributed by atoms with Crippen molar-refractivity contribution < 1.29 is 9.59 Å². The third-order valence-electron chi connectivity index (χ3n) is 4.86. The van der Waals surface area contributed by atoms with Crippen molar-refractivity contribution in [3.05, 3.63) is 74.4 Å². The Balaban J connectivity index is 1.93. The van der Waals surface area contributed by atoms with Crippen LogP contribution in [-0.4, -0.2) is 16.6 Å². The predicted molar refractivity (Wildman–Crippen MR) is 99.1 cm³/mol. The van der Waals surface area contributed by atoms with Crippen molar-refractivity contribution in [1.82, 2.24) is 4.98 Å². The summed E-state index contributed by atoms with van der Waals surface area (Å²) < 4.78 is 0. The summed E-state index contributed by atoms with van der Waals surface area (Å²) in [6, 6.07) is 11.2. The lowest BCUT2D eigenvalue weighted by atomic mass is 9.97. The zero-order valence-electron chi connectivity index (χ0n) is 13.6. The number of carbonyl (C=O) groups excluding carboxylic acids is 2. The maximum atomic E-state index is 13.0. The number of halogens is 2. The van der Waals surface area contributed by atoms with Crippen LogP contribution in [-0.2, 0) is 0 Å². The predicted octanol–water partition coefficient (Wildman–Crippen LogP) is 5.32. The molecule has 3 aromatic rings. The lowest BCUT2D eigenvalue weighted by Gasteiger charge is -2.10. The number of hydrogen-bond acceptors (Lipinski definition) is 3. The van der Waals surface area contributed by atoms with Gasteiger partial charge >= 0.3 is 0 Å². The Bertz CT molecular complexity index is 1040. The molecule has 5 heteroatoms. The van der Waals surface area contributed by atoms with E-state index in [4.69, 9.17) is 23.2 Å². The maximum Gasteiger partial charge on any atom is 0.182 e. The number of fused-ring (bicyclic) bond motifs is 2. The first-order valence-electron chi connectivity index (χ1n) is 7.84. The summed E-state index contributed by atoms with van der Waals surface area (Å²) in [5.74, 6) is -1.56. The molecule has 1 aliphatic rings. The van der Waals surface area contributed by atoms with E-state index in [0.717, 1.165) is 16.5 Å². The average Bonchev–Trinajstić information content (AvgIpc) is 2.88. The van der Waals surface area contributed by atoms with Gasteiger partial charge in [-0.1, -0.05) is 47.5 Å². The fraction of sp³-hybridized carbons (Fsp3) is 0.150. The zero-order valence-corrected chi connectivity index (χ0v) is 15.1. The second-order valence-corrected chi connectivity index (χ2v) is 6.97. The molecule has 0 N–H and O–H groups in total. The average molecular weight is 370 g/mol. The fourth-order valence-corrected chi connectivity index (χ4v) is 3.95. The van der Waals surface area contributed by atoms with Gasteiger partial charge in [-0.3, -0.25) is 14.6 Å². The second-order valence-electron chi connectivity index (χ2n) is 6.22. The Kier molecular flexibility index (Phi) is 3.67. The highest BCUT2D eigenvalue weighted by Gasteiger charge is 2.44. The van der Waals surface area contributed by atoms with Crippen molar-refractivity contribution in [1.29, 1.82) is 0 Å². The standard InChI is InChI=1S/C20H13Cl2NO2/c1-9-10(2)17(21)18(22)16-14(9)19(24)15(20(16)25)13-8-7-11-5-3-4-6-12(11)23-13/h3-8,15H,1-2H3. The lowest BCUT2D eigenvalue weighted by Crippen LogP contribution is -2.14. The molecule has 2 aromatic carbocycles. The van der Waals surface area contributed by atoms with Crippen molar-refractivity contribution >= 4 is 45.7 Å². The maximum absolute atomic E-state index is 13.0. The Morgan fingerprint density at radius 2 is 1.52 bits per heavy atom. The molecular weight excluding hydrogens is 357 g/mol. The Morgan fingerprint density at radius 3 is 2.28 bits per heavy atom. The van der Waals surface area contributed by atoms with Crippen LogP contribution in [0, 0.1) is 13.8 Å². The smallest absolute Gasteiger partial charge is 0.182 e. The van der Waals surface area contributed by atoms with Crippen molar-refractivity contribution in [2.24, 2.45) is 0 Å². The van der Waals surface area contributed by atoms with Crippen LogP contribution in [0.15, 0.2) is 36.4 Å². The van der Waals surface area contributed by atoms with E-state index in [2.05, 4.69) is 4.98 Å². The molecule has 0 fully saturated rings. The molecule has 4 rings (SSSR count). The van der Waals surface area contributed by atoms with Gasteiger partial charge in [0.05, 0.1) is 26.8 Å². The third-order valence-corrected chi connectivity index (χ3v) is 5.81. The molecule has 1 atom stereocenters. The van der Waals surface area contributed by atoms with Gasteiger partial charge in [0.2, 0.25) is 0 Å². The topological polar surface area (TPSA) is 47.0 Å². The van der Waals surface area contributed by atoms with Gasteiger partial charge < -0.3 is 0 Å². The van der Waals surface area contributed by atoms with E-state index in [0.29, 0.717) is 21.8 Å². The molecule has 25 heavy (non-hydrogen) atoms. The lowest BCUT2D eigenvalue weighted by molar-refractivity contribution is 0.0888. The van der Waals surface area contributed by atoms with E-state index in [9.17, 15) is 9.59 Å². The van der Waals surface area contributed by atoms with E-state index in [1.807, 2.05) is 30.3 Å². The number of ketones is 2. The van der Waals surface area contributed by atoms with Crippen molar-refractivity contribution in [2.45, 2.75) is 19.8 Å². The Labute approximate surface area is 154 Å². The number of carbonyl (C=O) groups is 2. The summed E-state index contributed by atoms with van der Waals surface area (Å²) in [5.41, 5.74) is 3.20. The van der Waals surface area contributed by atoms with Crippen LogP contribution in [0.3, 0.4) is 0 Å². The summed E-state index contributed by atoms with van der Waals surface area (Å²) in [7, 11) is 0. The minimum atomic E-state index is -0.964. The molecule has 0 saturated heterocycles. The number of rotatable bonds is 1. The first kappa shape index (κ1) is 16.2. The molecule has 3 nitrogen and oxygen atoms in total. The Morgan fingerprint density at radius 1 is 0.840 bits per heavy atom. The second kappa shape index (κ2) is 5.65. The van der Waals surface area contributed by atoms with Crippen molar-refractivity contribution in [3.63, 3.8) is 0 Å². The number of aromatic nitrogens is 1. The number of pyridine rings is 1. The normalized spacial score (nSPS) is 16.6. The summed E-state index contributed by atoms with van der Waals surface area (Å²) in [6.07, 6.45) is 0. The van der Waals surface area contributed by atoms with Crippen LogP contribution >= 0.6 is 23.2 Å². The quantitative estimate of drug-likeness (QED) is 0.545. The van der Waals surface area contributed by atoms with E-state index < -0.39 is 5.92 Å². The minimum Gasteiger partial charge on any atom is -0.293 e. The number of nitrogens with zero attached hydrogens (tertiary/aromatic N) is 1. The number of para-hydroxylation sites is 1. The van der Waals surface area contributed by atoms with Gasteiger partial charge in [0.1, 0.15) is 5.92 Å². The zero-order chi connectivity index (χ0) is 17.9. The van der Waals surface area contributed by atoms with Gasteiger partial charge in [-0.2, -0.15) is 0 Å². The summed E-state index contributed by atoms with van der Waals surface area (Å²) >= 11 is 12.5. The number of hydrogen-bond donors (Lipinski definition) is 0. The molecule has 0 saturated carbocycles. The highest BCUT2D eigenvalue weighted by Crippen LogP contribution is 2.43. The first-order chi connectivity index (χ1) is 11.9. The third kappa shape index (κ3) is 2.23. The van der Waals surface area contributed by atoms with Crippen LogP contribution in [0.4, 0.5) is 0 Å². The largest absolute Gasteiger partial charge is 0.293 e. The number of Topliss-reactive ketones (excluding diaryl/α,β-unsaturated/α-hetero) is 2. The molecule has 0 aliphatic heterocycles.